The molecule has 1 atom stereocenters. The van der Waals surface area contributed by atoms with Crippen LogP contribution in [-0.4, -0.2) is 50.3 Å². The summed E-state index contributed by atoms with van der Waals surface area (Å²) in [4.78, 5) is 6.72. The molecule has 0 aromatic heterocycles. The maximum Gasteiger partial charge on any atom is 0.163 e. The first-order valence-corrected chi connectivity index (χ1v) is 9.19. The molecule has 3 aliphatic rings. The lowest BCUT2D eigenvalue weighted by molar-refractivity contribution is 0.242. The standard InChI is InChI=1S/C19H26FN3O2/c1-24-16-10-14-15(22-18(21)19(14)5-2-6-19)11-17(16)25-9-3-7-23-8-4-13(20)12-23/h10-11,13H,2-9,12H2,1H3,(H2,21,22). The van der Waals surface area contributed by atoms with Crippen molar-refractivity contribution < 1.29 is 13.9 Å². The molecule has 1 aromatic rings. The number of nitrogens with two attached hydrogens (primary N) is 1. The molecule has 1 spiro atoms. The van der Waals surface area contributed by atoms with Gasteiger partial charge in [-0.25, -0.2) is 9.38 Å². The predicted octanol–water partition coefficient (Wildman–Crippen LogP) is 2.93. The molecule has 0 bridgehead atoms. The van der Waals surface area contributed by atoms with Gasteiger partial charge in [0.05, 0.1) is 24.8 Å². The fourth-order valence-electron chi connectivity index (χ4n) is 4.19. The second kappa shape index (κ2) is 6.48. The van der Waals surface area contributed by atoms with Crippen LogP contribution in [0.15, 0.2) is 17.1 Å². The van der Waals surface area contributed by atoms with Crippen LogP contribution in [0.2, 0.25) is 0 Å². The summed E-state index contributed by atoms with van der Waals surface area (Å²) in [5, 5.41) is 0. The second-order valence-corrected chi connectivity index (χ2v) is 7.34. The molecule has 1 aliphatic carbocycles. The third kappa shape index (κ3) is 2.86. The Bertz CT molecular complexity index is 687. The second-order valence-electron chi connectivity index (χ2n) is 7.34. The summed E-state index contributed by atoms with van der Waals surface area (Å²) in [6, 6.07) is 3.99. The molecule has 6 heteroatoms. The Morgan fingerprint density at radius 3 is 2.84 bits per heavy atom. The van der Waals surface area contributed by atoms with Gasteiger partial charge in [-0.1, -0.05) is 6.42 Å². The average molecular weight is 347 g/mol. The topological polar surface area (TPSA) is 60.1 Å². The van der Waals surface area contributed by atoms with Crippen LogP contribution in [0.1, 0.15) is 37.7 Å². The van der Waals surface area contributed by atoms with Crippen LogP contribution < -0.4 is 15.2 Å². The molecule has 5 nitrogen and oxygen atoms in total. The van der Waals surface area contributed by atoms with Gasteiger partial charge in [-0.2, -0.15) is 0 Å². The van der Waals surface area contributed by atoms with Gasteiger partial charge in [0.25, 0.3) is 0 Å². The number of ether oxygens (including phenoxy) is 2. The third-order valence-corrected chi connectivity index (χ3v) is 5.83. The fraction of sp³-hybridized carbons (Fsp3) is 0.632. The molecule has 2 fully saturated rings. The Kier molecular flexibility index (Phi) is 4.31. The lowest BCUT2D eigenvalue weighted by Gasteiger charge is -2.38. The van der Waals surface area contributed by atoms with E-state index >= 15 is 0 Å². The Balaban J connectivity index is 1.41. The minimum Gasteiger partial charge on any atom is -0.493 e. The Hall–Kier alpha value is -1.82. The molecule has 2 aliphatic heterocycles. The zero-order valence-corrected chi connectivity index (χ0v) is 14.8. The Labute approximate surface area is 148 Å². The van der Waals surface area contributed by atoms with Crippen LogP contribution in [0.25, 0.3) is 0 Å². The van der Waals surface area contributed by atoms with Crippen LogP contribution in [-0.2, 0) is 5.41 Å². The molecule has 2 heterocycles. The number of aliphatic imine (C=N–C) groups is 1. The summed E-state index contributed by atoms with van der Waals surface area (Å²) in [6.07, 6.45) is 4.16. The van der Waals surface area contributed by atoms with Gasteiger partial charge in [0.1, 0.15) is 12.0 Å². The number of fused-ring (bicyclic) bond motifs is 2. The van der Waals surface area contributed by atoms with E-state index in [4.69, 9.17) is 15.2 Å². The number of hydrogen-bond acceptors (Lipinski definition) is 5. The molecule has 1 aromatic carbocycles. The minimum absolute atomic E-state index is 0.0696. The number of alkyl halides is 1. The first-order valence-electron chi connectivity index (χ1n) is 9.19. The van der Waals surface area contributed by atoms with Gasteiger partial charge in [0, 0.05) is 25.7 Å². The molecule has 25 heavy (non-hydrogen) atoms. The Morgan fingerprint density at radius 2 is 2.20 bits per heavy atom. The molecule has 1 saturated heterocycles. The number of rotatable bonds is 6. The van der Waals surface area contributed by atoms with Crippen LogP contribution in [0, 0.1) is 0 Å². The molecule has 0 radical (unpaired) electrons. The highest BCUT2D eigenvalue weighted by Gasteiger charge is 2.47. The highest BCUT2D eigenvalue weighted by molar-refractivity contribution is 6.00. The largest absolute Gasteiger partial charge is 0.493 e. The summed E-state index contributed by atoms with van der Waals surface area (Å²) in [6.45, 7) is 2.84. The number of methoxy groups -OCH3 is 1. The van der Waals surface area contributed by atoms with Crippen molar-refractivity contribution in [3.63, 3.8) is 0 Å². The normalized spacial score (nSPS) is 24.1. The molecular formula is C19H26FN3O2. The van der Waals surface area contributed by atoms with E-state index in [0.29, 0.717) is 25.3 Å². The summed E-state index contributed by atoms with van der Waals surface area (Å²) in [5.74, 6) is 2.17. The van der Waals surface area contributed by atoms with Crippen molar-refractivity contribution in [2.75, 3.05) is 33.4 Å². The summed E-state index contributed by atoms with van der Waals surface area (Å²) in [7, 11) is 1.66. The lowest BCUT2D eigenvalue weighted by Crippen LogP contribution is -2.44. The predicted molar refractivity (Wildman–Crippen MR) is 95.9 cm³/mol. The van der Waals surface area contributed by atoms with Crippen LogP contribution in [0.5, 0.6) is 11.5 Å². The van der Waals surface area contributed by atoms with Gasteiger partial charge >= 0.3 is 0 Å². The van der Waals surface area contributed by atoms with Crippen LogP contribution in [0.3, 0.4) is 0 Å². The van der Waals surface area contributed by atoms with Gasteiger partial charge in [0.2, 0.25) is 0 Å². The molecule has 1 unspecified atom stereocenters. The van der Waals surface area contributed by atoms with E-state index in [9.17, 15) is 4.39 Å². The number of halogens is 1. The molecule has 2 N–H and O–H groups in total. The van der Waals surface area contributed by atoms with E-state index in [1.165, 1.54) is 12.0 Å². The third-order valence-electron chi connectivity index (χ3n) is 5.83. The highest BCUT2D eigenvalue weighted by Crippen LogP contribution is 2.53. The van der Waals surface area contributed by atoms with Gasteiger partial charge in [0.15, 0.2) is 11.5 Å². The van der Waals surface area contributed by atoms with E-state index in [1.54, 1.807) is 7.11 Å². The summed E-state index contributed by atoms with van der Waals surface area (Å²) >= 11 is 0. The molecule has 4 rings (SSSR count). The summed E-state index contributed by atoms with van der Waals surface area (Å²) < 4.78 is 24.7. The van der Waals surface area contributed by atoms with Gasteiger partial charge in [-0.05, 0) is 37.3 Å². The van der Waals surface area contributed by atoms with E-state index in [0.717, 1.165) is 49.6 Å². The van der Waals surface area contributed by atoms with Crippen LogP contribution in [0.4, 0.5) is 10.1 Å². The number of benzene rings is 1. The van der Waals surface area contributed by atoms with Crippen molar-refractivity contribution in [3.05, 3.63) is 17.7 Å². The maximum atomic E-state index is 13.2. The number of nitrogens with zero attached hydrogens (tertiary/aromatic N) is 2. The molecular weight excluding hydrogens is 321 g/mol. The van der Waals surface area contributed by atoms with Crippen molar-refractivity contribution in [1.82, 2.24) is 4.90 Å². The monoisotopic (exact) mass is 347 g/mol. The van der Waals surface area contributed by atoms with Crippen molar-refractivity contribution in [1.29, 1.82) is 0 Å². The van der Waals surface area contributed by atoms with E-state index in [-0.39, 0.29) is 5.41 Å². The number of hydrogen-bond donors (Lipinski definition) is 1. The number of likely N-dealkylation sites (tertiary alicyclic amines) is 1. The van der Waals surface area contributed by atoms with Crippen molar-refractivity contribution >= 4 is 11.5 Å². The maximum absolute atomic E-state index is 13.2. The number of amidine groups is 1. The zero-order chi connectivity index (χ0) is 17.4. The average Bonchev–Trinajstić information content (AvgIpc) is 3.09. The fourth-order valence-corrected chi connectivity index (χ4v) is 4.19. The van der Waals surface area contributed by atoms with E-state index in [2.05, 4.69) is 9.89 Å². The highest BCUT2D eigenvalue weighted by atomic mass is 19.1. The zero-order valence-electron chi connectivity index (χ0n) is 14.8. The first-order chi connectivity index (χ1) is 12.1. The van der Waals surface area contributed by atoms with Gasteiger partial charge in [-0.15, -0.1) is 0 Å². The van der Waals surface area contributed by atoms with E-state index < -0.39 is 6.17 Å². The molecule has 136 valence electrons. The van der Waals surface area contributed by atoms with Crippen molar-refractivity contribution in [3.8, 4) is 11.5 Å². The minimum atomic E-state index is -0.667. The van der Waals surface area contributed by atoms with Crippen molar-refractivity contribution in [2.24, 2.45) is 10.7 Å². The molecule has 1 saturated carbocycles. The SMILES string of the molecule is COc1cc2c(cc1OCCCN1CCC(F)C1)N=C(N)C21CCC1. The van der Waals surface area contributed by atoms with Crippen molar-refractivity contribution in [2.45, 2.75) is 43.7 Å². The smallest absolute Gasteiger partial charge is 0.163 e. The van der Waals surface area contributed by atoms with E-state index in [1.807, 2.05) is 12.1 Å². The van der Waals surface area contributed by atoms with Gasteiger partial charge < -0.3 is 20.1 Å². The van der Waals surface area contributed by atoms with Crippen LogP contribution >= 0.6 is 0 Å². The lowest BCUT2D eigenvalue weighted by atomic mass is 9.64. The Morgan fingerprint density at radius 1 is 1.36 bits per heavy atom. The molecule has 0 amide bonds. The van der Waals surface area contributed by atoms with Gasteiger partial charge in [-0.3, -0.25) is 0 Å². The quantitative estimate of drug-likeness (QED) is 0.804. The first kappa shape index (κ1) is 16.6. The summed E-state index contributed by atoms with van der Waals surface area (Å²) in [5.41, 5.74) is 8.21.